The third kappa shape index (κ3) is 2.99. The number of esters is 1. The number of methoxy groups -OCH3 is 1. The van der Waals surface area contributed by atoms with E-state index >= 15 is 0 Å². The maximum Gasteiger partial charge on any atom is 0.334 e. The first-order chi connectivity index (χ1) is 13.0. The van der Waals surface area contributed by atoms with Gasteiger partial charge >= 0.3 is 5.97 Å². The Balaban J connectivity index is 1.65. The molecule has 2 aromatic rings. The van der Waals surface area contributed by atoms with E-state index in [4.69, 9.17) is 14.2 Å². The Labute approximate surface area is 159 Å². The largest absolute Gasteiger partial charge is 0.497 e. The summed E-state index contributed by atoms with van der Waals surface area (Å²) in [6, 6.07) is 9.96. The number of carbonyl (C=O) groups excluding carboxylic acids is 1. The van der Waals surface area contributed by atoms with Crippen molar-refractivity contribution in [3.8, 4) is 11.5 Å². The van der Waals surface area contributed by atoms with Gasteiger partial charge in [-0.15, -0.1) is 0 Å². The van der Waals surface area contributed by atoms with Crippen LogP contribution >= 0.6 is 0 Å². The van der Waals surface area contributed by atoms with Crippen LogP contribution in [0.15, 0.2) is 42.5 Å². The molecule has 1 aliphatic heterocycles. The summed E-state index contributed by atoms with van der Waals surface area (Å²) in [5.74, 6) is 1.46. The first-order valence-electron chi connectivity index (χ1n) is 9.28. The van der Waals surface area contributed by atoms with E-state index in [1.54, 1.807) is 7.11 Å². The fourth-order valence-electron chi connectivity index (χ4n) is 4.25. The maximum absolute atomic E-state index is 12.0. The predicted octanol–water partition coefficient (Wildman–Crippen LogP) is 4.61. The third-order valence-electron chi connectivity index (χ3n) is 5.75. The second-order valence-electron chi connectivity index (χ2n) is 7.35. The van der Waals surface area contributed by atoms with Gasteiger partial charge in [0.25, 0.3) is 0 Å². The van der Waals surface area contributed by atoms with Crippen LogP contribution in [-0.2, 0) is 22.6 Å². The molecule has 0 N–H and O–H groups in total. The summed E-state index contributed by atoms with van der Waals surface area (Å²) >= 11 is 0. The SMILES string of the molecule is C=C1C(=O)OC2c3c(C)c(OCc4cccc(OC)c4)cc(C)c3CC[C@@H]12. The van der Waals surface area contributed by atoms with E-state index in [1.807, 2.05) is 24.3 Å². The van der Waals surface area contributed by atoms with Crippen LogP contribution in [0.5, 0.6) is 11.5 Å². The molecule has 4 nitrogen and oxygen atoms in total. The Morgan fingerprint density at radius 1 is 1.26 bits per heavy atom. The van der Waals surface area contributed by atoms with Gasteiger partial charge in [0, 0.05) is 17.1 Å². The molecule has 0 radical (unpaired) electrons. The summed E-state index contributed by atoms with van der Waals surface area (Å²) in [5, 5.41) is 0. The molecule has 4 heteroatoms. The van der Waals surface area contributed by atoms with Crippen molar-refractivity contribution in [1.82, 2.24) is 0 Å². The Hall–Kier alpha value is -2.75. The van der Waals surface area contributed by atoms with E-state index in [0.717, 1.165) is 41.0 Å². The summed E-state index contributed by atoms with van der Waals surface area (Å²) in [4.78, 5) is 12.0. The summed E-state index contributed by atoms with van der Waals surface area (Å²) in [5.41, 5.74) is 6.27. The van der Waals surface area contributed by atoms with E-state index in [1.165, 1.54) is 11.1 Å². The van der Waals surface area contributed by atoms with Crippen molar-refractivity contribution in [2.75, 3.05) is 7.11 Å². The molecule has 1 unspecified atom stereocenters. The van der Waals surface area contributed by atoms with Crippen LogP contribution in [-0.4, -0.2) is 13.1 Å². The summed E-state index contributed by atoms with van der Waals surface area (Å²) in [6.45, 7) is 8.55. The van der Waals surface area contributed by atoms with Crippen molar-refractivity contribution >= 4 is 5.97 Å². The average molecular weight is 364 g/mol. The number of rotatable bonds is 4. The van der Waals surface area contributed by atoms with E-state index in [2.05, 4.69) is 26.5 Å². The van der Waals surface area contributed by atoms with Gasteiger partial charge in [-0.2, -0.15) is 0 Å². The molecule has 1 aliphatic carbocycles. The zero-order chi connectivity index (χ0) is 19.1. The predicted molar refractivity (Wildman–Crippen MR) is 103 cm³/mol. The van der Waals surface area contributed by atoms with E-state index in [-0.39, 0.29) is 18.0 Å². The van der Waals surface area contributed by atoms with Crippen LogP contribution in [0.2, 0.25) is 0 Å². The van der Waals surface area contributed by atoms with Gasteiger partial charge in [0.2, 0.25) is 0 Å². The van der Waals surface area contributed by atoms with E-state index in [9.17, 15) is 4.79 Å². The number of carbonyl (C=O) groups is 1. The maximum atomic E-state index is 12.0. The van der Waals surface area contributed by atoms with Crippen LogP contribution < -0.4 is 9.47 Å². The normalized spacial score (nSPS) is 20.7. The van der Waals surface area contributed by atoms with E-state index in [0.29, 0.717) is 12.2 Å². The van der Waals surface area contributed by atoms with Crippen molar-refractivity contribution in [1.29, 1.82) is 0 Å². The molecular formula is C23H24O4. The van der Waals surface area contributed by atoms with E-state index < -0.39 is 0 Å². The Morgan fingerprint density at radius 3 is 2.85 bits per heavy atom. The standard InChI is InChI=1S/C23H24O4/c1-13-10-20(26-12-16-6-5-7-17(11-16)25-4)15(3)21-18(13)8-9-19-14(2)23(24)27-22(19)21/h5-7,10-11,19,22H,2,8-9,12H2,1,3-4H3/t19-,22?/m0/s1. The first-order valence-corrected chi connectivity index (χ1v) is 9.28. The number of hydrogen-bond donors (Lipinski definition) is 0. The van der Waals surface area contributed by atoms with Gasteiger partial charge in [0.1, 0.15) is 24.2 Å². The lowest BCUT2D eigenvalue weighted by Gasteiger charge is -2.30. The molecule has 0 amide bonds. The highest BCUT2D eigenvalue weighted by atomic mass is 16.6. The van der Waals surface area contributed by atoms with Gasteiger partial charge in [-0.05, 0) is 67.1 Å². The molecule has 140 valence electrons. The van der Waals surface area contributed by atoms with Gasteiger partial charge in [0.05, 0.1) is 7.11 Å². The Morgan fingerprint density at radius 2 is 2.07 bits per heavy atom. The number of ether oxygens (including phenoxy) is 3. The fraction of sp³-hybridized carbons (Fsp3) is 0.348. The molecule has 1 saturated heterocycles. The second-order valence-corrected chi connectivity index (χ2v) is 7.35. The number of hydrogen-bond acceptors (Lipinski definition) is 4. The molecule has 0 bridgehead atoms. The Bertz CT molecular complexity index is 928. The number of aryl methyl sites for hydroxylation is 1. The van der Waals surface area contributed by atoms with Gasteiger partial charge in [0.15, 0.2) is 0 Å². The molecule has 1 fully saturated rings. The highest BCUT2D eigenvalue weighted by Crippen LogP contribution is 2.49. The van der Waals surface area contributed by atoms with Gasteiger partial charge in [-0.3, -0.25) is 0 Å². The molecular weight excluding hydrogens is 340 g/mol. The number of benzene rings is 2. The van der Waals surface area contributed by atoms with Gasteiger partial charge in [-0.1, -0.05) is 18.7 Å². The molecule has 2 atom stereocenters. The average Bonchev–Trinajstić information content (AvgIpc) is 2.97. The smallest absolute Gasteiger partial charge is 0.334 e. The highest BCUT2D eigenvalue weighted by Gasteiger charge is 2.44. The fourth-order valence-corrected chi connectivity index (χ4v) is 4.25. The van der Waals surface area contributed by atoms with Crippen molar-refractivity contribution in [3.05, 3.63) is 70.3 Å². The van der Waals surface area contributed by atoms with Crippen molar-refractivity contribution in [2.24, 2.45) is 5.92 Å². The highest BCUT2D eigenvalue weighted by molar-refractivity contribution is 5.91. The molecule has 0 spiro atoms. The zero-order valence-corrected chi connectivity index (χ0v) is 16.0. The molecule has 1 heterocycles. The first kappa shape index (κ1) is 17.7. The molecule has 0 saturated carbocycles. The zero-order valence-electron chi connectivity index (χ0n) is 16.0. The van der Waals surface area contributed by atoms with Gasteiger partial charge < -0.3 is 14.2 Å². The van der Waals surface area contributed by atoms with Crippen molar-refractivity contribution in [2.45, 2.75) is 39.4 Å². The molecule has 2 aliphatic rings. The summed E-state index contributed by atoms with van der Waals surface area (Å²) in [6.07, 6.45) is 1.62. The van der Waals surface area contributed by atoms with Crippen molar-refractivity contribution < 1.29 is 19.0 Å². The lowest BCUT2D eigenvalue weighted by atomic mass is 9.76. The minimum Gasteiger partial charge on any atom is -0.497 e. The van der Waals surface area contributed by atoms with Crippen LogP contribution in [0.3, 0.4) is 0 Å². The minimum absolute atomic E-state index is 0.0803. The van der Waals surface area contributed by atoms with Crippen LogP contribution in [0.4, 0.5) is 0 Å². The molecule has 2 aromatic carbocycles. The summed E-state index contributed by atoms with van der Waals surface area (Å²) < 4.78 is 17.1. The van der Waals surface area contributed by atoms with Gasteiger partial charge in [-0.25, -0.2) is 4.79 Å². The second kappa shape index (κ2) is 6.76. The monoisotopic (exact) mass is 364 g/mol. The lowest BCUT2D eigenvalue weighted by molar-refractivity contribution is -0.139. The molecule has 0 aromatic heterocycles. The van der Waals surface area contributed by atoms with Crippen molar-refractivity contribution in [3.63, 3.8) is 0 Å². The Kier molecular flexibility index (Phi) is 4.42. The minimum atomic E-state index is -0.266. The number of fused-ring (bicyclic) bond motifs is 3. The topological polar surface area (TPSA) is 44.8 Å². The van der Waals surface area contributed by atoms with Crippen LogP contribution in [0, 0.1) is 19.8 Å². The van der Waals surface area contributed by atoms with Crippen LogP contribution in [0.1, 0.15) is 40.3 Å². The van der Waals surface area contributed by atoms with Crippen LogP contribution in [0.25, 0.3) is 0 Å². The lowest BCUT2D eigenvalue weighted by Crippen LogP contribution is -2.20. The molecule has 4 rings (SSSR count). The quantitative estimate of drug-likeness (QED) is 0.587. The molecule has 27 heavy (non-hydrogen) atoms. The third-order valence-corrected chi connectivity index (χ3v) is 5.75. The summed E-state index contributed by atoms with van der Waals surface area (Å²) in [7, 11) is 1.66.